The molecule has 2 aromatic rings. The van der Waals surface area contributed by atoms with Crippen LogP contribution in [0.3, 0.4) is 0 Å². The third-order valence-corrected chi connectivity index (χ3v) is 5.00. The van der Waals surface area contributed by atoms with Gasteiger partial charge in [-0.15, -0.1) is 17.5 Å². The van der Waals surface area contributed by atoms with Crippen molar-refractivity contribution in [3.05, 3.63) is 35.7 Å². The zero-order valence-corrected chi connectivity index (χ0v) is 16.7. The molecule has 0 spiro atoms. The van der Waals surface area contributed by atoms with Gasteiger partial charge in [-0.05, 0) is 43.0 Å². The molecule has 0 saturated carbocycles. The van der Waals surface area contributed by atoms with Crippen LogP contribution in [-0.2, 0) is 0 Å². The number of carbonyl (C=O) groups is 1. The molecule has 2 heterocycles. The summed E-state index contributed by atoms with van der Waals surface area (Å²) < 4.78 is 30.3. The molecule has 1 saturated heterocycles. The van der Waals surface area contributed by atoms with Gasteiger partial charge in [-0.3, -0.25) is 4.79 Å². The van der Waals surface area contributed by atoms with E-state index in [0.29, 0.717) is 24.5 Å². The Hall–Kier alpha value is -2.26. The van der Waals surface area contributed by atoms with Gasteiger partial charge < -0.3 is 15.4 Å². The minimum atomic E-state index is -2.88. The molecule has 1 aliphatic heterocycles. The summed E-state index contributed by atoms with van der Waals surface area (Å²) in [5.41, 5.74) is 7.42. The lowest BCUT2D eigenvalue weighted by atomic mass is 9.79. The van der Waals surface area contributed by atoms with Crippen LogP contribution in [-0.4, -0.2) is 51.5 Å². The highest BCUT2D eigenvalue weighted by Gasteiger charge is 2.36. The highest BCUT2D eigenvalue weighted by atomic mass is 35.5. The van der Waals surface area contributed by atoms with Gasteiger partial charge in [-0.2, -0.15) is 8.78 Å². The van der Waals surface area contributed by atoms with E-state index in [-0.39, 0.29) is 41.2 Å². The first-order chi connectivity index (χ1) is 12.7. The first-order valence-electron chi connectivity index (χ1n) is 8.71. The van der Waals surface area contributed by atoms with E-state index in [1.165, 1.54) is 16.8 Å². The number of benzene rings is 1. The maximum atomic E-state index is 12.9. The molecule has 1 amide bonds. The first-order valence-corrected chi connectivity index (χ1v) is 8.71. The van der Waals surface area contributed by atoms with Crippen molar-refractivity contribution < 1.29 is 18.3 Å². The number of nitrogens with two attached hydrogens (primary N) is 1. The summed E-state index contributed by atoms with van der Waals surface area (Å²) in [6, 6.07) is 6.04. The number of aromatic nitrogens is 3. The van der Waals surface area contributed by atoms with Crippen molar-refractivity contribution >= 4 is 18.3 Å². The number of ether oxygens (including phenoxy) is 1. The van der Waals surface area contributed by atoms with Gasteiger partial charge in [0.25, 0.3) is 5.91 Å². The van der Waals surface area contributed by atoms with Crippen LogP contribution in [0.5, 0.6) is 5.75 Å². The maximum absolute atomic E-state index is 12.9. The van der Waals surface area contributed by atoms with Gasteiger partial charge in [-0.1, -0.05) is 19.1 Å². The molecule has 2 N–H and O–H groups in total. The summed E-state index contributed by atoms with van der Waals surface area (Å²) in [6.07, 6.45) is 0.734. The standard InChI is InChI=1S/C18H23F2N5O2.ClH/c1-11-15(16(26)24-9-8-14(21)18(2,3)10-24)22-23-25(11)12-4-6-13(7-5-12)27-17(19)20;/h4-7,14,17H,8-10,21H2,1-3H3;1H. The molecule has 0 bridgehead atoms. The summed E-state index contributed by atoms with van der Waals surface area (Å²) >= 11 is 0. The van der Waals surface area contributed by atoms with Crippen molar-refractivity contribution in [3.8, 4) is 11.4 Å². The lowest BCUT2D eigenvalue weighted by Gasteiger charge is -2.42. The highest BCUT2D eigenvalue weighted by molar-refractivity contribution is 5.93. The Kier molecular flexibility index (Phi) is 6.61. The fraction of sp³-hybridized carbons (Fsp3) is 0.500. The van der Waals surface area contributed by atoms with Crippen LogP contribution in [0.4, 0.5) is 8.78 Å². The minimum absolute atomic E-state index is 0. The number of amides is 1. The molecule has 7 nitrogen and oxygen atoms in total. The van der Waals surface area contributed by atoms with Gasteiger partial charge in [0, 0.05) is 19.1 Å². The minimum Gasteiger partial charge on any atom is -0.435 e. The average Bonchev–Trinajstić information content (AvgIpc) is 2.98. The topological polar surface area (TPSA) is 86.3 Å². The average molecular weight is 416 g/mol. The number of rotatable bonds is 4. The summed E-state index contributed by atoms with van der Waals surface area (Å²) in [4.78, 5) is 14.7. The van der Waals surface area contributed by atoms with Crippen LogP contribution >= 0.6 is 12.4 Å². The lowest BCUT2D eigenvalue weighted by molar-refractivity contribution is -0.0498. The van der Waals surface area contributed by atoms with Crippen molar-refractivity contribution in [1.82, 2.24) is 19.9 Å². The van der Waals surface area contributed by atoms with Crippen molar-refractivity contribution in [1.29, 1.82) is 0 Å². The van der Waals surface area contributed by atoms with Crippen LogP contribution in [0.25, 0.3) is 5.69 Å². The Morgan fingerprint density at radius 1 is 1.32 bits per heavy atom. The fourth-order valence-electron chi connectivity index (χ4n) is 3.24. The van der Waals surface area contributed by atoms with Crippen molar-refractivity contribution in [2.24, 2.45) is 11.1 Å². The van der Waals surface area contributed by atoms with Gasteiger partial charge in [0.2, 0.25) is 0 Å². The monoisotopic (exact) mass is 415 g/mol. The molecular formula is C18H24ClF2N5O2. The van der Waals surface area contributed by atoms with E-state index < -0.39 is 6.61 Å². The van der Waals surface area contributed by atoms with E-state index in [9.17, 15) is 13.6 Å². The molecule has 1 unspecified atom stereocenters. The van der Waals surface area contributed by atoms with Crippen LogP contribution in [0, 0.1) is 12.3 Å². The van der Waals surface area contributed by atoms with Gasteiger partial charge in [-0.25, -0.2) is 4.68 Å². The van der Waals surface area contributed by atoms with E-state index in [1.807, 2.05) is 13.8 Å². The smallest absolute Gasteiger partial charge is 0.387 e. The number of halogens is 3. The van der Waals surface area contributed by atoms with Crippen molar-refractivity contribution in [2.45, 2.75) is 39.8 Å². The molecule has 28 heavy (non-hydrogen) atoms. The fourth-order valence-corrected chi connectivity index (χ4v) is 3.24. The zero-order valence-electron chi connectivity index (χ0n) is 15.9. The highest BCUT2D eigenvalue weighted by Crippen LogP contribution is 2.29. The van der Waals surface area contributed by atoms with Gasteiger partial charge in [0.05, 0.1) is 11.4 Å². The second-order valence-electron chi connectivity index (χ2n) is 7.42. The molecule has 1 aromatic heterocycles. The number of nitrogens with zero attached hydrogens (tertiary/aromatic N) is 4. The summed E-state index contributed by atoms with van der Waals surface area (Å²) in [5, 5.41) is 8.09. The third-order valence-electron chi connectivity index (χ3n) is 5.00. The quantitative estimate of drug-likeness (QED) is 0.829. The van der Waals surface area contributed by atoms with Crippen molar-refractivity contribution in [2.75, 3.05) is 13.1 Å². The molecule has 10 heteroatoms. The maximum Gasteiger partial charge on any atom is 0.387 e. The molecule has 1 aliphatic rings. The van der Waals surface area contributed by atoms with Crippen LogP contribution < -0.4 is 10.5 Å². The SMILES string of the molecule is Cc1c(C(=O)N2CCC(N)C(C)(C)C2)nnn1-c1ccc(OC(F)F)cc1.Cl. The molecule has 0 radical (unpaired) electrons. The molecule has 154 valence electrons. The van der Waals surface area contributed by atoms with E-state index in [2.05, 4.69) is 15.0 Å². The predicted molar refractivity (Wildman–Crippen MR) is 102 cm³/mol. The summed E-state index contributed by atoms with van der Waals surface area (Å²) in [5.74, 6) is -0.133. The van der Waals surface area contributed by atoms with E-state index in [0.717, 1.165) is 6.42 Å². The number of likely N-dealkylation sites (tertiary alicyclic amines) is 1. The Bertz CT molecular complexity index is 826. The zero-order chi connectivity index (χ0) is 19.8. The van der Waals surface area contributed by atoms with Crippen LogP contribution in [0.15, 0.2) is 24.3 Å². The van der Waals surface area contributed by atoms with E-state index in [4.69, 9.17) is 5.73 Å². The van der Waals surface area contributed by atoms with E-state index >= 15 is 0 Å². The molecule has 0 aliphatic carbocycles. The summed E-state index contributed by atoms with van der Waals surface area (Å²) in [7, 11) is 0. The van der Waals surface area contributed by atoms with Crippen LogP contribution in [0.2, 0.25) is 0 Å². The summed E-state index contributed by atoms with van der Waals surface area (Å²) in [6.45, 7) is 4.09. The number of hydrogen-bond acceptors (Lipinski definition) is 5. The molecule has 1 fully saturated rings. The Balaban J connectivity index is 0.00000280. The van der Waals surface area contributed by atoms with Crippen LogP contribution in [0.1, 0.15) is 36.5 Å². The number of alkyl halides is 2. The third kappa shape index (κ3) is 4.41. The largest absolute Gasteiger partial charge is 0.435 e. The molecule has 1 atom stereocenters. The predicted octanol–water partition coefficient (Wildman–Crippen LogP) is 2.80. The first kappa shape index (κ1) is 22.0. The van der Waals surface area contributed by atoms with E-state index in [1.54, 1.807) is 24.0 Å². The normalized spacial score (nSPS) is 18.7. The Morgan fingerprint density at radius 3 is 2.54 bits per heavy atom. The second-order valence-corrected chi connectivity index (χ2v) is 7.42. The Morgan fingerprint density at radius 2 is 1.96 bits per heavy atom. The van der Waals surface area contributed by atoms with Gasteiger partial charge in [0.1, 0.15) is 5.75 Å². The molecule has 3 rings (SSSR count). The number of hydrogen-bond donors (Lipinski definition) is 1. The van der Waals surface area contributed by atoms with Gasteiger partial charge >= 0.3 is 6.61 Å². The Labute approximate surface area is 168 Å². The molecule has 1 aromatic carbocycles. The van der Waals surface area contributed by atoms with Gasteiger partial charge in [0.15, 0.2) is 5.69 Å². The number of piperidine rings is 1. The molecular weight excluding hydrogens is 392 g/mol. The second kappa shape index (κ2) is 8.40. The number of carbonyl (C=O) groups excluding carboxylic acids is 1. The lowest BCUT2D eigenvalue weighted by Crippen LogP contribution is -2.54. The van der Waals surface area contributed by atoms with Crippen molar-refractivity contribution in [3.63, 3.8) is 0 Å².